The maximum absolute atomic E-state index is 5.48. The van der Waals surface area contributed by atoms with Gasteiger partial charge < -0.3 is 11.1 Å². The van der Waals surface area contributed by atoms with Gasteiger partial charge in [-0.3, -0.25) is 0 Å². The van der Waals surface area contributed by atoms with Crippen molar-refractivity contribution in [2.24, 2.45) is 0 Å². The van der Waals surface area contributed by atoms with Crippen LogP contribution in [0.1, 0.15) is 0 Å². The van der Waals surface area contributed by atoms with Gasteiger partial charge in [-0.05, 0) is 15.9 Å². The van der Waals surface area contributed by atoms with Crippen molar-refractivity contribution in [1.29, 1.82) is 0 Å². The van der Waals surface area contributed by atoms with Crippen LogP contribution in [0.4, 0.5) is 16.1 Å². The zero-order valence-electron chi connectivity index (χ0n) is 6.32. The number of anilines is 3. The summed E-state index contributed by atoms with van der Waals surface area (Å²) >= 11 is 6.18. The summed E-state index contributed by atoms with van der Waals surface area (Å²) in [5.41, 5.74) is 5.48. The number of aromatic nitrogens is 2. The van der Waals surface area contributed by atoms with Crippen molar-refractivity contribution < 1.29 is 0 Å². The molecule has 0 unspecified atom stereocenters. The highest BCUT2D eigenvalue weighted by Gasteiger charge is 2.02. The molecule has 0 radical (unpaired) electrons. The van der Waals surface area contributed by atoms with Gasteiger partial charge in [0.25, 0.3) is 0 Å². The molecule has 0 saturated heterocycles. The molecule has 0 aliphatic carbocycles. The highest BCUT2D eigenvalue weighted by molar-refractivity contribution is 9.10. The zero-order chi connectivity index (χ0) is 9.26. The normalized spacial score (nSPS) is 10.2. The van der Waals surface area contributed by atoms with Crippen molar-refractivity contribution in [3.8, 4) is 0 Å². The maximum Gasteiger partial charge on any atom is 0.189 e. The summed E-state index contributed by atoms with van der Waals surface area (Å²) in [5, 5.41) is 8.15. The number of rotatable bonds is 2. The van der Waals surface area contributed by atoms with Crippen molar-refractivity contribution in [2.75, 3.05) is 11.1 Å². The first kappa shape index (κ1) is 8.92. The van der Waals surface area contributed by atoms with E-state index >= 15 is 0 Å². The molecule has 2 heterocycles. The summed E-state index contributed by atoms with van der Waals surface area (Å²) in [4.78, 5) is 8.21. The third-order valence-corrected chi connectivity index (χ3v) is 3.37. The Hall–Kier alpha value is -0.660. The Morgan fingerprint density at radius 2 is 2.15 bits per heavy atom. The van der Waals surface area contributed by atoms with Crippen LogP contribution in [0.5, 0.6) is 0 Å². The number of nitrogens with one attached hydrogen (secondary N) is 1. The first-order valence-corrected chi connectivity index (χ1v) is 5.88. The van der Waals surface area contributed by atoms with E-state index in [-0.39, 0.29) is 0 Å². The smallest absolute Gasteiger partial charge is 0.189 e. The second kappa shape index (κ2) is 3.60. The molecule has 7 heteroatoms. The summed E-state index contributed by atoms with van der Waals surface area (Å²) in [6.45, 7) is 0. The molecule has 0 atom stereocenters. The van der Waals surface area contributed by atoms with E-state index in [1.807, 2.05) is 10.8 Å². The van der Waals surface area contributed by atoms with E-state index in [9.17, 15) is 0 Å². The molecule has 68 valence electrons. The van der Waals surface area contributed by atoms with Gasteiger partial charge in [-0.1, -0.05) is 0 Å². The number of nitrogens with zero attached hydrogens (tertiary/aromatic N) is 2. The second-order valence-electron chi connectivity index (χ2n) is 2.17. The van der Waals surface area contributed by atoms with Crippen molar-refractivity contribution in [3.63, 3.8) is 0 Å². The standard InChI is InChI=1S/C6H5BrN4S2/c7-3-1-13-6(9-3)11-4-2-12-5(8)10-4/h1-2H,(H2,8,10)(H,9,11). The van der Waals surface area contributed by atoms with Crippen LogP contribution in [0.2, 0.25) is 0 Å². The van der Waals surface area contributed by atoms with Gasteiger partial charge in [0, 0.05) is 10.8 Å². The first-order chi connectivity index (χ1) is 6.24. The molecule has 0 fully saturated rings. The van der Waals surface area contributed by atoms with Crippen molar-refractivity contribution in [2.45, 2.75) is 0 Å². The molecule has 0 amide bonds. The molecule has 2 rings (SSSR count). The lowest BCUT2D eigenvalue weighted by Crippen LogP contribution is -1.90. The van der Waals surface area contributed by atoms with E-state index in [0.29, 0.717) is 5.13 Å². The molecule has 0 saturated carbocycles. The molecule has 3 N–H and O–H groups in total. The van der Waals surface area contributed by atoms with Gasteiger partial charge in [0.15, 0.2) is 10.3 Å². The second-order valence-corrected chi connectivity index (χ2v) is 4.73. The third kappa shape index (κ3) is 2.17. The van der Waals surface area contributed by atoms with E-state index in [2.05, 4.69) is 31.2 Å². The average molecular weight is 277 g/mol. The fraction of sp³-hybridized carbons (Fsp3) is 0. The average Bonchev–Trinajstić information content (AvgIpc) is 2.62. The van der Waals surface area contributed by atoms with Gasteiger partial charge in [0.05, 0.1) is 0 Å². The minimum atomic E-state index is 0.554. The van der Waals surface area contributed by atoms with E-state index in [4.69, 9.17) is 5.73 Å². The van der Waals surface area contributed by atoms with Crippen LogP contribution in [0, 0.1) is 0 Å². The summed E-state index contributed by atoms with van der Waals surface area (Å²) in [6.07, 6.45) is 0. The monoisotopic (exact) mass is 276 g/mol. The van der Waals surface area contributed by atoms with Gasteiger partial charge in [-0.25, -0.2) is 9.97 Å². The number of nitrogens with two attached hydrogens (primary N) is 1. The number of thiazole rings is 2. The van der Waals surface area contributed by atoms with E-state index < -0.39 is 0 Å². The Bertz CT molecular complexity index is 372. The van der Waals surface area contributed by atoms with E-state index in [0.717, 1.165) is 15.6 Å². The minimum Gasteiger partial charge on any atom is -0.375 e. The molecule has 0 bridgehead atoms. The van der Waals surface area contributed by atoms with Gasteiger partial charge in [0.1, 0.15) is 10.4 Å². The van der Waals surface area contributed by atoms with Crippen LogP contribution in [0.3, 0.4) is 0 Å². The molecule has 4 nitrogen and oxygen atoms in total. The Morgan fingerprint density at radius 3 is 2.69 bits per heavy atom. The quantitative estimate of drug-likeness (QED) is 0.885. The number of hydrogen-bond acceptors (Lipinski definition) is 6. The van der Waals surface area contributed by atoms with Gasteiger partial charge in [-0.15, -0.1) is 22.7 Å². The summed E-state index contributed by atoms with van der Waals surface area (Å²) in [6, 6.07) is 0. The number of halogens is 1. The zero-order valence-corrected chi connectivity index (χ0v) is 9.54. The number of nitrogen functional groups attached to an aromatic ring is 1. The Kier molecular flexibility index (Phi) is 2.47. The molecule has 0 aliphatic heterocycles. The molecule has 0 aliphatic rings. The highest BCUT2D eigenvalue weighted by atomic mass is 79.9. The predicted molar refractivity (Wildman–Crippen MR) is 59.6 cm³/mol. The Balaban J connectivity index is 2.14. The molecular formula is C6H5BrN4S2. The largest absolute Gasteiger partial charge is 0.375 e. The van der Waals surface area contributed by atoms with Crippen molar-refractivity contribution in [3.05, 3.63) is 15.4 Å². The summed E-state index contributed by atoms with van der Waals surface area (Å²) in [5.74, 6) is 0.740. The minimum absolute atomic E-state index is 0.554. The van der Waals surface area contributed by atoms with E-state index in [1.165, 1.54) is 22.7 Å². The van der Waals surface area contributed by atoms with Crippen LogP contribution in [-0.4, -0.2) is 9.97 Å². The van der Waals surface area contributed by atoms with Crippen LogP contribution >= 0.6 is 38.6 Å². The Labute approximate surface area is 91.0 Å². The molecule has 0 spiro atoms. The fourth-order valence-electron chi connectivity index (χ4n) is 0.766. The van der Waals surface area contributed by atoms with Crippen LogP contribution < -0.4 is 11.1 Å². The first-order valence-electron chi connectivity index (χ1n) is 3.33. The summed E-state index contributed by atoms with van der Waals surface area (Å²) in [7, 11) is 0. The topological polar surface area (TPSA) is 63.8 Å². The van der Waals surface area contributed by atoms with Gasteiger partial charge >= 0.3 is 0 Å². The van der Waals surface area contributed by atoms with Crippen LogP contribution in [-0.2, 0) is 0 Å². The third-order valence-electron chi connectivity index (χ3n) is 1.23. The predicted octanol–water partition coefficient (Wildman–Crippen LogP) is 2.69. The summed E-state index contributed by atoms with van der Waals surface area (Å²) < 4.78 is 0.822. The molecule has 13 heavy (non-hydrogen) atoms. The van der Waals surface area contributed by atoms with Gasteiger partial charge in [-0.2, -0.15) is 0 Å². The van der Waals surface area contributed by atoms with Crippen molar-refractivity contribution >= 4 is 54.7 Å². The lowest BCUT2D eigenvalue weighted by atomic mass is 10.8. The molecule has 0 aromatic carbocycles. The van der Waals surface area contributed by atoms with Crippen LogP contribution in [0.15, 0.2) is 15.4 Å². The molecular weight excluding hydrogens is 272 g/mol. The number of hydrogen-bond donors (Lipinski definition) is 2. The van der Waals surface area contributed by atoms with Crippen molar-refractivity contribution in [1.82, 2.24) is 9.97 Å². The lowest BCUT2D eigenvalue weighted by Gasteiger charge is -1.94. The maximum atomic E-state index is 5.48. The van der Waals surface area contributed by atoms with Gasteiger partial charge in [0.2, 0.25) is 0 Å². The molecule has 2 aromatic heterocycles. The molecule has 2 aromatic rings. The lowest BCUT2D eigenvalue weighted by molar-refractivity contribution is 1.31. The SMILES string of the molecule is Nc1nc(Nc2nc(Br)cs2)cs1. The highest BCUT2D eigenvalue weighted by Crippen LogP contribution is 2.24. The van der Waals surface area contributed by atoms with Crippen LogP contribution in [0.25, 0.3) is 0 Å². The Morgan fingerprint density at radius 1 is 1.31 bits per heavy atom. The fourth-order valence-corrected chi connectivity index (χ4v) is 2.41. The van der Waals surface area contributed by atoms with E-state index in [1.54, 1.807) is 0 Å².